The summed E-state index contributed by atoms with van der Waals surface area (Å²) in [6, 6.07) is 1.09. The van der Waals surface area contributed by atoms with Crippen molar-refractivity contribution in [2.75, 3.05) is 59.2 Å². The van der Waals surface area contributed by atoms with E-state index in [2.05, 4.69) is 48.4 Å². The first-order valence-corrected chi connectivity index (χ1v) is 19.2. The minimum Gasteiger partial charge on any atom is -0.476 e. The minimum atomic E-state index is -1.15. The maximum Gasteiger partial charge on any atom is 0.356 e. The van der Waals surface area contributed by atoms with Gasteiger partial charge < -0.3 is 19.3 Å². The summed E-state index contributed by atoms with van der Waals surface area (Å²) in [6.45, 7) is 19.7. The standard InChI is InChI=1S/C19H33N3O4Si.C11H19NO2/c1-19(21-7-9-25-10-8-21)6-5-15-16(13-19)22(20-17(15)18(23)24)14-26-11-12-27(2,3)4;1-11(4-2-10(13)3-5-11)12-6-8-14-9-7-12/h5-14H2,1-4H3,(H,23,24);2-9H2,1H3. The van der Waals surface area contributed by atoms with Gasteiger partial charge in [0.05, 0.1) is 26.4 Å². The van der Waals surface area contributed by atoms with Crippen LogP contribution in [0.2, 0.25) is 25.7 Å². The minimum absolute atomic E-state index is 0.0165. The number of hydrogen-bond donors (Lipinski definition) is 1. The summed E-state index contributed by atoms with van der Waals surface area (Å²) in [5.74, 6) is -0.502. The molecule has 232 valence electrons. The van der Waals surface area contributed by atoms with E-state index in [1.54, 1.807) is 4.68 Å². The number of carboxylic acid groups (broad SMARTS) is 1. The van der Waals surface area contributed by atoms with E-state index in [4.69, 9.17) is 14.2 Å². The molecule has 1 atom stereocenters. The summed E-state index contributed by atoms with van der Waals surface area (Å²) in [7, 11) is -1.15. The van der Waals surface area contributed by atoms with Gasteiger partial charge in [-0.1, -0.05) is 19.6 Å². The summed E-state index contributed by atoms with van der Waals surface area (Å²) in [5, 5.41) is 14.0. The number of hydrogen-bond acceptors (Lipinski definition) is 8. The van der Waals surface area contributed by atoms with Gasteiger partial charge in [0.1, 0.15) is 12.5 Å². The Morgan fingerprint density at radius 2 is 1.46 bits per heavy atom. The van der Waals surface area contributed by atoms with Gasteiger partial charge in [-0.15, -0.1) is 0 Å². The number of aromatic carboxylic acids is 1. The maximum atomic E-state index is 11.7. The Labute approximate surface area is 246 Å². The number of ketones is 1. The van der Waals surface area contributed by atoms with Crippen LogP contribution in [0.25, 0.3) is 0 Å². The van der Waals surface area contributed by atoms with E-state index in [1.807, 2.05) is 0 Å². The van der Waals surface area contributed by atoms with Crippen molar-refractivity contribution in [1.29, 1.82) is 0 Å². The molecule has 2 aliphatic carbocycles. The van der Waals surface area contributed by atoms with Crippen molar-refractivity contribution in [3.8, 4) is 0 Å². The highest BCUT2D eigenvalue weighted by Gasteiger charge is 2.40. The molecule has 3 heterocycles. The topological polar surface area (TPSA) is 106 Å². The Morgan fingerprint density at radius 1 is 0.927 bits per heavy atom. The van der Waals surface area contributed by atoms with Crippen LogP contribution in [0.15, 0.2) is 0 Å². The second-order valence-corrected chi connectivity index (χ2v) is 19.5. The molecule has 41 heavy (non-hydrogen) atoms. The third-order valence-corrected chi connectivity index (χ3v) is 11.2. The van der Waals surface area contributed by atoms with Crippen LogP contribution in [-0.4, -0.2) is 115 Å². The first-order valence-electron chi connectivity index (χ1n) is 15.5. The molecule has 1 aromatic rings. The number of Topliss-reactive ketones (excluding diaryl/α,β-unsaturated/α-hetero) is 1. The summed E-state index contributed by atoms with van der Waals surface area (Å²) in [5.41, 5.74) is 2.39. The normalized spacial score (nSPS) is 25.7. The molecule has 2 saturated heterocycles. The molecule has 1 aromatic heterocycles. The van der Waals surface area contributed by atoms with Crippen molar-refractivity contribution in [1.82, 2.24) is 19.6 Å². The van der Waals surface area contributed by atoms with Crippen molar-refractivity contribution in [2.45, 2.75) is 102 Å². The molecule has 4 aliphatic rings. The van der Waals surface area contributed by atoms with Crippen LogP contribution < -0.4 is 0 Å². The zero-order chi connectivity index (χ0) is 29.7. The van der Waals surface area contributed by atoms with E-state index < -0.39 is 14.0 Å². The largest absolute Gasteiger partial charge is 0.476 e. The monoisotopic (exact) mass is 592 g/mol. The molecule has 1 saturated carbocycles. The average Bonchev–Trinajstić information content (AvgIpc) is 3.31. The van der Waals surface area contributed by atoms with Crippen LogP contribution in [0.1, 0.15) is 67.7 Å². The summed E-state index contributed by atoms with van der Waals surface area (Å²) in [4.78, 5) is 27.9. The Hall–Kier alpha value is -1.63. The molecule has 0 aromatic carbocycles. The average molecular weight is 593 g/mol. The van der Waals surface area contributed by atoms with E-state index in [0.29, 0.717) is 19.1 Å². The molecule has 10 nitrogen and oxygen atoms in total. The van der Waals surface area contributed by atoms with Crippen molar-refractivity contribution in [3.63, 3.8) is 0 Å². The summed E-state index contributed by atoms with van der Waals surface area (Å²) in [6.07, 6.45) is 6.11. The Balaban J connectivity index is 0.000000231. The zero-order valence-corrected chi connectivity index (χ0v) is 27.0. The van der Waals surface area contributed by atoms with Gasteiger partial charge in [-0.05, 0) is 45.6 Å². The molecular weight excluding hydrogens is 540 g/mol. The van der Waals surface area contributed by atoms with E-state index in [9.17, 15) is 14.7 Å². The first kappa shape index (κ1) is 32.3. The Bertz CT molecular complexity index is 1030. The Kier molecular flexibility index (Phi) is 10.8. The molecule has 11 heteroatoms. The Morgan fingerprint density at radius 3 is 2.00 bits per heavy atom. The molecule has 2 aliphatic heterocycles. The number of carbonyl (C=O) groups is 2. The van der Waals surface area contributed by atoms with Crippen LogP contribution >= 0.6 is 0 Å². The van der Waals surface area contributed by atoms with Gasteiger partial charge in [-0.3, -0.25) is 14.6 Å². The smallest absolute Gasteiger partial charge is 0.356 e. The van der Waals surface area contributed by atoms with Gasteiger partial charge in [0, 0.05) is 82.5 Å². The van der Waals surface area contributed by atoms with Crippen LogP contribution in [0.5, 0.6) is 0 Å². The van der Waals surface area contributed by atoms with Crippen molar-refractivity contribution < 1.29 is 28.9 Å². The number of fused-ring (bicyclic) bond motifs is 1. The molecule has 1 N–H and O–H groups in total. The molecule has 0 spiro atoms. The van der Waals surface area contributed by atoms with Gasteiger partial charge in [0.2, 0.25) is 0 Å². The van der Waals surface area contributed by atoms with E-state index >= 15 is 0 Å². The molecule has 3 fully saturated rings. The highest BCUT2D eigenvalue weighted by Crippen LogP contribution is 2.35. The predicted octanol–water partition coefficient (Wildman–Crippen LogP) is 3.69. The van der Waals surface area contributed by atoms with Crippen LogP contribution in [0.4, 0.5) is 0 Å². The SMILES string of the molecule is CC1(N2CCOCC2)CCC(=O)CC1.CC1(N2CCOCC2)CCc2c(C(=O)O)nn(COCC[Si](C)(C)C)c2C1. The second kappa shape index (κ2) is 13.8. The lowest BCUT2D eigenvalue weighted by Gasteiger charge is -2.45. The van der Waals surface area contributed by atoms with Gasteiger partial charge in [-0.25, -0.2) is 9.48 Å². The quantitative estimate of drug-likeness (QED) is 0.357. The summed E-state index contributed by atoms with van der Waals surface area (Å²) < 4.78 is 18.5. The number of rotatable bonds is 8. The van der Waals surface area contributed by atoms with Gasteiger partial charge in [0.25, 0.3) is 0 Å². The molecule has 0 amide bonds. The number of carboxylic acids is 1. The van der Waals surface area contributed by atoms with Crippen LogP contribution in [0.3, 0.4) is 0 Å². The fourth-order valence-corrected chi connectivity index (χ4v) is 7.26. The maximum absolute atomic E-state index is 11.7. The van der Waals surface area contributed by atoms with Gasteiger partial charge in [-0.2, -0.15) is 5.10 Å². The molecule has 0 bridgehead atoms. The first-order chi connectivity index (χ1) is 19.4. The number of morpholine rings is 2. The fourth-order valence-electron chi connectivity index (χ4n) is 6.51. The highest BCUT2D eigenvalue weighted by atomic mass is 28.3. The number of carbonyl (C=O) groups excluding carboxylic acids is 1. The number of aromatic nitrogens is 2. The molecule has 1 unspecified atom stereocenters. The molecular formula is C30H52N4O6Si. The lowest BCUT2D eigenvalue weighted by molar-refractivity contribution is -0.124. The summed E-state index contributed by atoms with van der Waals surface area (Å²) >= 11 is 0. The zero-order valence-electron chi connectivity index (χ0n) is 26.0. The third kappa shape index (κ3) is 8.48. The van der Waals surface area contributed by atoms with Crippen molar-refractivity contribution in [3.05, 3.63) is 17.0 Å². The lowest BCUT2D eigenvalue weighted by Crippen LogP contribution is -2.54. The van der Waals surface area contributed by atoms with Crippen molar-refractivity contribution in [2.24, 2.45) is 0 Å². The highest BCUT2D eigenvalue weighted by molar-refractivity contribution is 6.76. The number of ether oxygens (including phenoxy) is 3. The van der Waals surface area contributed by atoms with Crippen molar-refractivity contribution >= 4 is 19.8 Å². The number of nitrogens with zero attached hydrogens (tertiary/aromatic N) is 4. The predicted molar refractivity (Wildman–Crippen MR) is 160 cm³/mol. The third-order valence-electron chi connectivity index (χ3n) is 9.47. The fraction of sp³-hybridized carbons (Fsp3) is 0.833. The van der Waals surface area contributed by atoms with Gasteiger partial charge >= 0.3 is 5.97 Å². The lowest BCUT2D eigenvalue weighted by atomic mass is 9.80. The van der Waals surface area contributed by atoms with Gasteiger partial charge in [0.15, 0.2) is 5.69 Å². The van der Waals surface area contributed by atoms with E-state index in [-0.39, 0.29) is 16.8 Å². The second-order valence-electron chi connectivity index (χ2n) is 13.8. The van der Waals surface area contributed by atoms with E-state index in [1.165, 1.54) is 0 Å². The molecule has 0 radical (unpaired) electrons. The molecule has 5 rings (SSSR count). The van der Waals surface area contributed by atoms with Crippen LogP contribution in [0, 0.1) is 0 Å². The van der Waals surface area contributed by atoms with Crippen LogP contribution in [-0.2, 0) is 38.6 Å². The van der Waals surface area contributed by atoms with E-state index in [0.717, 1.165) is 115 Å².